The van der Waals surface area contributed by atoms with Crippen molar-refractivity contribution in [3.63, 3.8) is 0 Å². The third-order valence-electron chi connectivity index (χ3n) is 6.47. The summed E-state index contributed by atoms with van der Waals surface area (Å²) in [7, 11) is 0. The molecule has 0 radical (unpaired) electrons. The standard InChI is InChI=1S/C21H28N4/c1-13-4-3-5-18-20(13)21-17-7-6-16(24-17)10-19(21)25(18)9-8-15-11-22-14(2)23-12-15/h3-5,15-17,24H,6-12H2,1-2H3,(H,22,23). The Hall–Kier alpha value is -1.81. The van der Waals surface area contributed by atoms with Gasteiger partial charge in [0.05, 0.1) is 5.84 Å². The number of rotatable bonds is 3. The predicted octanol–water partition coefficient (Wildman–Crippen LogP) is 3.33. The van der Waals surface area contributed by atoms with E-state index in [-0.39, 0.29) is 0 Å². The van der Waals surface area contributed by atoms with Gasteiger partial charge in [-0.3, -0.25) is 4.99 Å². The van der Waals surface area contributed by atoms with Crippen LogP contribution in [-0.2, 0) is 13.0 Å². The second-order valence-corrected chi connectivity index (χ2v) is 8.14. The molecule has 3 atom stereocenters. The highest BCUT2D eigenvalue weighted by molar-refractivity contribution is 5.89. The van der Waals surface area contributed by atoms with E-state index in [1.54, 1.807) is 11.3 Å². The maximum absolute atomic E-state index is 4.60. The summed E-state index contributed by atoms with van der Waals surface area (Å²) in [5, 5.41) is 8.79. The van der Waals surface area contributed by atoms with Crippen LogP contribution in [0.3, 0.4) is 0 Å². The Balaban J connectivity index is 1.52. The first-order chi connectivity index (χ1) is 12.2. The Bertz CT molecular complexity index is 847. The van der Waals surface area contributed by atoms with Crippen LogP contribution in [0.25, 0.3) is 10.9 Å². The van der Waals surface area contributed by atoms with Gasteiger partial charge in [-0.05, 0) is 56.2 Å². The zero-order chi connectivity index (χ0) is 17.0. The minimum Gasteiger partial charge on any atom is -0.374 e. The normalized spacial score (nSPS) is 27.9. The Kier molecular flexibility index (Phi) is 3.63. The predicted molar refractivity (Wildman–Crippen MR) is 103 cm³/mol. The smallest absolute Gasteiger partial charge is 0.0931 e. The van der Waals surface area contributed by atoms with E-state index in [0.717, 1.165) is 25.5 Å². The van der Waals surface area contributed by atoms with E-state index in [0.29, 0.717) is 18.0 Å². The van der Waals surface area contributed by atoms with E-state index in [1.807, 2.05) is 0 Å². The molecule has 3 aliphatic heterocycles. The molecule has 2 N–H and O–H groups in total. The second kappa shape index (κ2) is 5.87. The van der Waals surface area contributed by atoms with E-state index in [4.69, 9.17) is 0 Å². The monoisotopic (exact) mass is 336 g/mol. The van der Waals surface area contributed by atoms with Crippen LogP contribution in [0.1, 0.15) is 49.0 Å². The van der Waals surface area contributed by atoms with E-state index >= 15 is 0 Å². The molecule has 4 heteroatoms. The summed E-state index contributed by atoms with van der Waals surface area (Å²) in [6.07, 6.45) is 5.02. The average molecular weight is 336 g/mol. The van der Waals surface area contributed by atoms with Crippen LogP contribution in [0.4, 0.5) is 0 Å². The van der Waals surface area contributed by atoms with Gasteiger partial charge in [0.15, 0.2) is 0 Å². The van der Waals surface area contributed by atoms with E-state index in [1.165, 1.54) is 42.1 Å². The summed E-state index contributed by atoms with van der Waals surface area (Å²) in [5.41, 5.74) is 6.10. The van der Waals surface area contributed by atoms with Crippen LogP contribution < -0.4 is 10.6 Å². The zero-order valence-corrected chi connectivity index (χ0v) is 15.3. The summed E-state index contributed by atoms with van der Waals surface area (Å²) in [6, 6.07) is 8.08. The lowest BCUT2D eigenvalue weighted by atomic mass is 9.97. The molecule has 1 aromatic carbocycles. The fourth-order valence-corrected chi connectivity index (χ4v) is 5.14. The highest BCUT2D eigenvalue weighted by Crippen LogP contribution is 2.43. The SMILES string of the molecule is CC1=NCC(CCn2c3c(c4c(C)cccc42)C2CCC(C3)N2)CN1. The lowest BCUT2D eigenvalue weighted by Gasteiger charge is -2.25. The van der Waals surface area contributed by atoms with Crippen molar-refractivity contribution < 1.29 is 0 Å². The van der Waals surface area contributed by atoms with E-state index < -0.39 is 0 Å². The lowest BCUT2D eigenvalue weighted by molar-refractivity contribution is 0.427. The molecule has 1 aromatic heterocycles. The number of nitrogens with zero attached hydrogens (tertiary/aromatic N) is 2. The molecule has 3 unspecified atom stereocenters. The minimum atomic E-state index is 0.571. The number of aliphatic imine (C=N–C) groups is 1. The Morgan fingerprint density at radius 1 is 1.24 bits per heavy atom. The van der Waals surface area contributed by atoms with Crippen LogP contribution in [0.15, 0.2) is 23.2 Å². The van der Waals surface area contributed by atoms with Gasteiger partial charge in [0, 0.05) is 54.7 Å². The largest absolute Gasteiger partial charge is 0.374 e. The van der Waals surface area contributed by atoms with Gasteiger partial charge in [-0.15, -0.1) is 0 Å². The van der Waals surface area contributed by atoms with Gasteiger partial charge in [-0.2, -0.15) is 0 Å². The topological polar surface area (TPSA) is 41.4 Å². The van der Waals surface area contributed by atoms with Gasteiger partial charge in [-0.25, -0.2) is 0 Å². The fraction of sp³-hybridized carbons (Fsp3) is 0.571. The number of aromatic nitrogens is 1. The summed E-state index contributed by atoms with van der Waals surface area (Å²) in [6.45, 7) is 7.51. The second-order valence-electron chi connectivity index (χ2n) is 8.14. The van der Waals surface area contributed by atoms with Crippen molar-refractivity contribution in [2.24, 2.45) is 10.9 Å². The first kappa shape index (κ1) is 15.4. The van der Waals surface area contributed by atoms with Crippen LogP contribution in [0.2, 0.25) is 0 Å². The Morgan fingerprint density at radius 3 is 3.00 bits per heavy atom. The molecule has 3 aliphatic rings. The summed E-state index contributed by atoms with van der Waals surface area (Å²) in [4.78, 5) is 4.60. The van der Waals surface area contributed by atoms with Gasteiger partial charge in [-0.1, -0.05) is 12.1 Å². The molecule has 2 bridgehead atoms. The number of fused-ring (bicyclic) bond motifs is 6. The van der Waals surface area contributed by atoms with E-state index in [9.17, 15) is 0 Å². The number of hydrogen-bond acceptors (Lipinski definition) is 3. The molecular formula is C21H28N4. The van der Waals surface area contributed by atoms with Crippen LogP contribution in [0, 0.1) is 12.8 Å². The van der Waals surface area contributed by atoms with Crippen LogP contribution >= 0.6 is 0 Å². The molecule has 132 valence electrons. The van der Waals surface area contributed by atoms with Crippen LogP contribution in [0.5, 0.6) is 0 Å². The lowest BCUT2D eigenvalue weighted by Crippen LogP contribution is -2.35. The quantitative estimate of drug-likeness (QED) is 0.903. The van der Waals surface area contributed by atoms with Crippen molar-refractivity contribution in [3.05, 3.63) is 35.0 Å². The minimum absolute atomic E-state index is 0.571. The highest BCUT2D eigenvalue weighted by atomic mass is 15.1. The molecule has 5 rings (SSSR count). The van der Waals surface area contributed by atoms with Gasteiger partial charge >= 0.3 is 0 Å². The van der Waals surface area contributed by atoms with Crippen molar-refractivity contribution in [1.82, 2.24) is 15.2 Å². The molecule has 4 nitrogen and oxygen atoms in total. The van der Waals surface area contributed by atoms with Crippen LogP contribution in [-0.4, -0.2) is 29.5 Å². The maximum atomic E-state index is 4.60. The van der Waals surface area contributed by atoms with Crippen molar-refractivity contribution in [2.75, 3.05) is 13.1 Å². The molecule has 1 fully saturated rings. The summed E-state index contributed by atoms with van der Waals surface area (Å²) in [5.74, 6) is 1.75. The average Bonchev–Trinajstić information content (AvgIpc) is 3.15. The van der Waals surface area contributed by atoms with Gasteiger partial charge in [0.2, 0.25) is 0 Å². The van der Waals surface area contributed by atoms with Crippen molar-refractivity contribution in [1.29, 1.82) is 0 Å². The number of aryl methyl sites for hydroxylation is 2. The number of hydrogen-bond donors (Lipinski definition) is 2. The van der Waals surface area contributed by atoms with Gasteiger partial charge in [0.1, 0.15) is 0 Å². The molecule has 2 aromatic rings. The maximum Gasteiger partial charge on any atom is 0.0931 e. The zero-order valence-electron chi connectivity index (χ0n) is 15.3. The van der Waals surface area contributed by atoms with Crippen molar-refractivity contribution in [2.45, 2.75) is 58.2 Å². The molecule has 0 aliphatic carbocycles. The Morgan fingerprint density at radius 2 is 2.16 bits per heavy atom. The third kappa shape index (κ3) is 2.50. The number of nitrogens with one attached hydrogen (secondary N) is 2. The molecule has 25 heavy (non-hydrogen) atoms. The molecule has 0 spiro atoms. The number of benzene rings is 1. The highest BCUT2D eigenvalue weighted by Gasteiger charge is 2.36. The fourth-order valence-electron chi connectivity index (χ4n) is 5.14. The summed E-state index contributed by atoms with van der Waals surface area (Å²) >= 11 is 0. The molecule has 4 heterocycles. The van der Waals surface area contributed by atoms with Gasteiger partial charge in [0.25, 0.3) is 0 Å². The molecule has 0 saturated carbocycles. The molecular weight excluding hydrogens is 308 g/mol. The first-order valence-electron chi connectivity index (χ1n) is 9.82. The summed E-state index contributed by atoms with van der Waals surface area (Å²) < 4.78 is 2.65. The Labute approximate surface area is 149 Å². The molecule has 1 saturated heterocycles. The molecule has 0 amide bonds. The van der Waals surface area contributed by atoms with Crippen molar-refractivity contribution in [3.8, 4) is 0 Å². The number of amidine groups is 1. The van der Waals surface area contributed by atoms with Gasteiger partial charge < -0.3 is 15.2 Å². The van der Waals surface area contributed by atoms with Crippen molar-refractivity contribution >= 4 is 16.7 Å². The van der Waals surface area contributed by atoms with E-state index in [2.05, 4.69) is 52.2 Å². The first-order valence-corrected chi connectivity index (χ1v) is 9.82. The third-order valence-corrected chi connectivity index (χ3v) is 6.47.